The molecule has 3 aromatic rings. The van der Waals surface area contributed by atoms with Crippen LogP contribution in [0.2, 0.25) is 0 Å². The Labute approximate surface area is 145 Å². The van der Waals surface area contributed by atoms with E-state index in [2.05, 4.69) is 25.9 Å². The summed E-state index contributed by atoms with van der Waals surface area (Å²) < 4.78 is 10.6. The minimum Gasteiger partial charge on any atom is -0.464 e. The van der Waals surface area contributed by atoms with E-state index < -0.39 is 11.6 Å². The molecule has 0 fully saturated rings. The van der Waals surface area contributed by atoms with Crippen LogP contribution in [0.4, 0.5) is 0 Å². The number of hydrogen-bond acceptors (Lipinski definition) is 6. The van der Waals surface area contributed by atoms with Gasteiger partial charge in [0.25, 0.3) is 0 Å². The molecule has 0 aliphatic heterocycles. The Morgan fingerprint density at radius 3 is 2.54 bits per heavy atom. The zero-order valence-corrected chi connectivity index (χ0v) is 14.8. The number of benzene rings is 1. The van der Waals surface area contributed by atoms with Gasteiger partial charge in [0, 0.05) is 17.0 Å². The van der Waals surface area contributed by atoms with E-state index in [0.717, 1.165) is 10.0 Å². The number of aryl methyl sites for hydroxylation is 1. The quantitative estimate of drug-likeness (QED) is 0.625. The number of fused-ring (bicyclic) bond motifs is 1. The maximum absolute atomic E-state index is 12.2. The van der Waals surface area contributed by atoms with E-state index in [4.69, 9.17) is 9.15 Å². The molecule has 0 atom stereocenters. The summed E-state index contributed by atoms with van der Waals surface area (Å²) in [4.78, 5) is 32.8. The average Bonchev–Trinajstić information content (AvgIpc) is 2.55. The summed E-state index contributed by atoms with van der Waals surface area (Å²) in [6, 6.07) is 7.48. The lowest BCUT2D eigenvalue weighted by molar-refractivity contribution is 0.0593. The predicted octanol–water partition coefficient (Wildman–Crippen LogP) is 3.42. The molecule has 6 nitrogen and oxygen atoms in total. The lowest BCUT2D eigenvalue weighted by atomic mass is 9.98. The lowest BCUT2D eigenvalue weighted by Gasteiger charge is -2.13. The van der Waals surface area contributed by atoms with Crippen LogP contribution in [-0.2, 0) is 4.74 Å². The van der Waals surface area contributed by atoms with Crippen molar-refractivity contribution in [2.75, 3.05) is 7.11 Å². The van der Waals surface area contributed by atoms with E-state index in [1.165, 1.54) is 7.11 Å². The minimum atomic E-state index is -0.643. The first-order valence-electron chi connectivity index (χ1n) is 7.09. The number of pyridine rings is 1. The molecule has 0 saturated heterocycles. The highest BCUT2D eigenvalue weighted by Gasteiger charge is 2.23. The summed E-state index contributed by atoms with van der Waals surface area (Å²) in [7, 11) is 1.27. The number of halogens is 1. The Morgan fingerprint density at radius 2 is 1.88 bits per heavy atom. The van der Waals surface area contributed by atoms with Gasteiger partial charge in [0.15, 0.2) is 17.1 Å². The van der Waals surface area contributed by atoms with Crippen molar-refractivity contribution >= 4 is 32.9 Å². The minimum absolute atomic E-state index is 0.00245. The second-order valence-electron chi connectivity index (χ2n) is 5.15. The van der Waals surface area contributed by atoms with Gasteiger partial charge < -0.3 is 9.15 Å². The highest BCUT2D eigenvalue weighted by molar-refractivity contribution is 9.10. The van der Waals surface area contributed by atoms with Crippen LogP contribution >= 0.6 is 15.9 Å². The van der Waals surface area contributed by atoms with Gasteiger partial charge in [-0.3, -0.25) is 0 Å². The molecule has 0 radical (unpaired) electrons. The monoisotopic (exact) mass is 388 g/mol. The van der Waals surface area contributed by atoms with E-state index in [9.17, 15) is 9.59 Å². The van der Waals surface area contributed by atoms with E-state index in [-0.39, 0.29) is 17.1 Å². The smallest absolute Gasteiger partial charge is 0.365 e. The molecule has 24 heavy (non-hydrogen) atoms. The third kappa shape index (κ3) is 2.60. The van der Waals surface area contributed by atoms with Gasteiger partial charge in [-0.1, -0.05) is 34.1 Å². The van der Waals surface area contributed by atoms with Gasteiger partial charge in [0.05, 0.1) is 7.11 Å². The first-order valence-corrected chi connectivity index (χ1v) is 7.88. The molecule has 122 valence electrons. The summed E-state index contributed by atoms with van der Waals surface area (Å²) in [5.74, 6) is -0.393. The molecular formula is C17H13BrN2O4. The number of carbonyl (C=O) groups is 1. The number of hydrogen-bond donors (Lipinski definition) is 0. The predicted molar refractivity (Wildman–Crippen MR) is 92.0 cm³/mol. The molecule has 0 unspecified atom stereocenters. The molecular weight excluding hydrogens is 376 g/mol. The van der Waals surface area contributed by atoms with Gasteiger partial charge in [-0.25, -0.2) is 19.6 Å². The topological polar surface area (TPSA) is 82.3 Å². The van der Waals surface area contributed by atoms with Gasteiger partial charge in [-0.2, -0.15) is 0 Å². The van der Waals surface area contributed by atoms with Gasteiger partial charge in [-0.15, -0.1) is 0 Å². The van der Waals surface area contributed by atoms with Crippen LogP contribution in [0.3, 0.4) is 0 Å². The molecule has 0 aliphatic carbocycles. The Hall–Kier alpha value is -2.54. The van der Waals surface area contributed by atoms with E-state index in [1.807, 2.05) is 24.3 Å². The SMILES string of the molecule is COC(=O)c1nc2c(=O)oc(C)nc2c(-c2ccccc2Br)c1C. The average molecular weight is 389 g/mol. The van der Waals surface area contributed by atoms with Crippen molar-refractivity contribution in [2.24, 2.45) is 0 Å². The number of rotatable bonds is 2. The number of carbonyl (C=O) groups excluding carboxylic acids is 1. The van der Waals surface area contributed by atoms with Crippen LogP contribution in [0.1, 0.15) is 21.9 Å². The summed E-state index contributed by atoms with van der Waals surface area (Å²) >= 11 is 3.50. The number of ether oxygens (including phenoxy) is 1. The highest BCUT2D eigenvalue weighted by Crippen LogP contribution is 2.35. The van der Waals surface area contributed by atoms with Crippen molar-refractivity contribution in [3.8, 4) is 11.1 Å². The van der Waals surface area contributed by atoms with Crippen LogP contribution in [0.5, 0.6) is 0 Å². The van der Waals surface area contributed by atoms with E-state index in [1.54, 1.807) is 13.8 Å². The number of methoxy groups -OCH3 is 1. The number of nitrogens with zero attached hydrogens (tertiary/aromatic N) is 2. The fraction of sp³-hybridized carbons (Fsp3) is 0.176. The Balaban J connectivity index is 2.54. The molecule has 3 rings (SSSR count). The van der Waals surface area contributed by atoms with Crippen LogP contribution in [-0.4, -0.2) is 23.0 Å². The molecule has 7 heteroatoms. The maximum Gasteiger partial charge on any atom is 0.365 e. The molecule has 1 aromatic carbocycles. The molecule has 0 N–H and O–H groups in total. The lowest BCUT2D eigenvalue weighted by Crippen LogP contribution is -2.14. The fourth-order valence-electron chi connectivity index (χ4n) is 2.57. The molecule has 2 heterocycles. The number of aromatic nitrogens is 2. The molecule has 0 saturated carbocycles. The molecule has 0 bridgehead atoms. The molecule has 0 amide bonds. The van der Waals surface area contributed by atoms with Gasteiger partial charge in [0.2, 0.25) is 0 Å². The van der Waals surface area contributed by atoms with Gasteiger partial charge >= 0.3 is 11.6 Å². The van der Waals surface area contributed by atoms with E-state index >= 15 is 0 Å². The summed E-state index contributed by atoms with van der Waals surface area (Å²) in [6.45, 7) is 3.34. The largest absolute Gasteiger partial charge is 0.464 e. The molecule has 2 aromatic heterocycles. The van der Waals surface area contributed by atoms with Crippen LogP contribution in [0.15, 0.2) is 37.9 Å². The van der Waals surface area contributed by atoms with Crippen LogP contribution in [0, 0.1) is 13.8 Å². The fourth-order valence-corrected chi connectivity index (χ4v) is 3.05. The van der Waals surface area contributed by atoms with Crippen LogP contribution in [0.25, 0.3) is 22.2 Å². The van der Waals surface area contributed by atoms with Crippen LogP contribution < -0.4 is 5.63 Å². The second-order valence-corrected chi connectivity index (χ2v) is 6.00. The first-order chi connectivity index (χ1) is 11.4. The van der Waals surface area contributed by atoms with Crippen molar-refractivity contribution in [2.45, 2.75) is 13.8 Å². The first kappa shape index (κ1) is 16.3. The molecule has 0 aliphatic rings. The van der Waals surface area contributed by atoms with Crippen molar-refractivity contribution in [1.82, 2.24) is 9.97 Å². The van der Waals surface area contributed by atoms with E-state index in [0.29, 0.717) is 16.6 Å². The Bertz CT molecular complexity index is 1030. The Morgan fingerprint density at radius 1 is 1.17 bits per heavy atom. The Kier molecular flexibility index (Phi) is 4.19. The summed E-state index contributed by atoms with van der Waals surface area (Å²) in [6.07, 6.45) is 0. The van der Waals surface area contributed by atoms with Crippen molar-refractivity contribution in [3.05, 3.63) is 56.3 Å². The summed E-state index contributed by atoms with van der Waals surface area (Å²) in [5, 5.41) is 0. The van der Waals surface area contributed by atoms with Crippen molar-refractivity contribution in [3.63, 3.8) is 0 Å². The van der Waals surface area contributed by atoms with Gasteiger partial charge in [-0.05, 0) is 24.1 Å². The van der Waals surface area contributed by atoms with Crippen molar-refractivity contribution in [1.29, 1.82) is 0 Å². The third-order valence-electron chi connectivity index (χ3n) is 3.64. The highest BCUT2D eigenvalue weighted by atomic mass is 79.9. The maximum atomic E-state index is 12.2. The van der Waals surface area contributed by atoms with Crippen molar-refractivity contribution < 1.29 is 13.9 Å². The second kappa shape index (κ2) is 6.16. The summed E-state index contributed by atoms with van der Waals surface area (Å²) in [5.41, 5.74) is 1.83. The standard InChI is InChI=1S/C17H13BrN2O4/c1-8-12(10-6-4-5-7-11(10)18)14-15(17(22)24-9(2)19-14)20-13(8)16(21)23-3/h4-7H,1-3H3. The van der Waals surface area contributed by atoms with Gasteiger partial charge in [0.1, 0.15) is 5.52 Å². The molecule has 0 spiro atoms. The normalized spacial score (nSPS) is 10.8. The third-order valence-corrected chi connectivity index (χ3v) is 4.33. The zero-order valence-electron chi connectivity index (χ0n) is 13.2. The number of esters is 1. The zero-order chi connectivity index (χ0) is 17.4.